The van der Waals surface area contributed by atoms with E-state index in [-0.39, 0.29) is 17.8 Å². The van der Waals surface area contributed by atoms with Gasteiger partial charge in [0.1, 0.15) is 16.6 Å². The second-order valence-corrected chi connectivity index (χ2v) is 10.1. The quantitative estimate of drug-likeness (QED) is 0.178. The Balaban J connectivity index is 0.00000181. The number of carbonyl (C=O) groups excluding carboxylic acids is 1. The number of nitrogens with zero attached hydrogens (tertiary/aromatic N) is 3. The Bertz CT molecular complexity index is 1470. The molecule has 7 nitrogen and oxygen atoms in total. The lowest BCUT2D eigenvalue weighted by Gasteiger charge is -2.22. The van der Waals surface area contributed by atoms with E-state index >= 15 is 0 Å². The largest absolute Gasteiger partial charge is 0.348 e. The van der Waals surface area contributed by atoms with Gasteiger partial charge in [0, 0.05) is 47.8 Å². The molecule has 3 heterocycles. The molecule has 2 aromatic heterocycles. The zero-order valence-electron chi connectivity index (χ0n) is 22.5. The molecule has 1 fully saturated rings. The molecule has 1 aliphatic heterocycles. The van der Waals surface area contributed by atoms with E-state index in [1.54, 1.807) is 11.3 Å². The highest BCUT2D eigenvalue weighted by molar-refractivity contribution is 7.18. The smallest absolute Gasteiger partial charge is 0.244 e. The number of aromatic nitrogens is 3. The minimum Gasteiger partial charge on any atom is -0.348 e. The van der Waals surface area contributed by atoms with Gasteiger partial charge >= 0.3 is 0 Å². The van der Waals surface area contributed by atoms with Gasteiger partial charge in [0.15, 0.2) is 0 Å². The highest BCUT2D eigenvalue weighted by atomic mass is 32.1. The highest BCUT2D eigenvalue weighted by Gasteiger charge is 2.17. The van der Waals surface area contributed by atoms with Crippen molar-refractivity contribution in [1.82, 2.24) is 25.4 Å². The summed E-state index contributed by atoms with van der Waals surface area (Å²) in [4.78, 5) is 17.9. The van der Waals surface area contributed by atoms with Crippen molar-refractivity contribution >= 4 is 23.0 Å². The molecule has 0 spiro atoms. The number of halogens is 2. The third kappa shape index (κ3) is 7.55. The minimum absolute atomic E-state index is 0.0562. The van der Waals surface area contributed by atoms with Crippen molar-refractivity contribution in [3.63, 3.8) is 0 Å². The van der Waals surface area contributed by atoms with Crippen LogP contribution >= 0.6 is 11.3 Å². The van der Waals surface area contributed by atoms with Crippen LogP contribution in [-0.4, -0.2) is 39.5 Å². The van der Waals surface area contributed by atoms with Crippen molar-refractivity contribution in [2.45, 2.75) is 39.3 Å². The molecular formula is C30H32F2N6OS. The molecule has 208 valence electrons. The third-order valence-corrected chi connectivity index (χ3v) is 7.39. The first kappa shape index (κ1) is 29.0. The Labute approximate surface area is 236 Å². The van der Waals surface area contributed by atoms with Gasteiger partial charge in [-0.05, 0) is 55.8 Å². The topological polar surface area (TPSA) is 95.7 Å². The number of amides is 1. The SMILES string of the molecule is CC.N=C(/C=C\C(=O)NCc1cccc(-c2ncc(-c3cnn(C4CCNCC4)c3)s2)c1)c1cc(F)cc(F)c1. The standard InChI is InChI=1S/C28H26F2N6OS.C2H6/c29-22-11-20(12-23(30)13-22)25(31)4-5-27(37)33-14-18-2-1-3-19(10-18)28-34-16-26(38-28)21-15-35-36(17-21)24-6-8-32-9-7-24;1-2/h1-5,10-13,15-17,24,31-32H,6-9,14H2,(H,33,37);1-2H3/b5-4-,31-25?;. The lowest BCUT2D eigenvalue weighted by Crippen LogP contribution is -2.29. The first-order chi connectivity index (χ1) is 19.4. The van der Waals surface area contributed by atoms with Crippen LogP contribution in [0.3, 0.4) is 0 Å². The molecule has 10 heteroatoms. The van der Waals surface area contributed by atoms with Crippen LogP contribution in [0.4, 0.5) is 8.78 Å². The average molecular weight is 563 g/mol. The van der Waals surface area contributed by atoms with Crippen LogP contribution in [0, 0.1) is 17.0 Å². The number of hydrogen-bond acceptors (Lipinski definition) is 6. The van der Waals surface area contributed by atoms with Gasteiger partial charge in [0.25, 0.3) is 0 Å². The molecule has 0 radical (unpaired) electrons. The van der Waals surface area contributed by atoms with Crippen LogP contribution < -0.4 is 10.6 Å². The first-order valence-corrected chi connectivity index (χ1v) is 14.1. The van der Waals surface area contributed by atoms with Gasteiger partial charge < -0.3 is 16.0 Å². The van der Waals surface area contributed by atoms with E-state index in [0.29, 0.717) is 6.04 Å². The van der Waals surface area contributed by atoms with E-state index < -0.39 is 17.5 Å². The van der Waals surface area contributed by atoms with Crippen molar-refractivity contribution in [2.75, 3.05) is 13.1 Å². The van der Waals surface area contributed by atoms with Crippen LogP contribution in [0.25, 0.3) is 21.0 Å². The molecule has 3 N–H and O–H groups in total. The Morgan fingerprint density at radius 3 is 2.60 bits per heavy atom. The van der Waals surface area contributed by atoms with Crippen molar-refractivity contribution in [1.29, 1.82) is 5.41 Å². The molecule has 0 saturated carbocycles. The van der Waals surface area contributed by atoms with Gasteiger partial charge in [0.2, 0.25) is 5.91 Å². The van der Waals surface area contributed by atoms with Crippen molar-refractivity contribution < 1.29 is 13.6 Å². The molecule has 5 rings (SSSR count). The van der Waals surface area contributed by atoms with Crippen molar-refractivity contribution in [3.8, 4) is 21.0 Å². The second-order valence-electron chi connectivity index (χ2n) is 9.04. The second kappa shape index (κ2) is 13.9. The van der Waals surface area contributed by atoms with Crippen LogP contribution in [0.2, 0.25) is 0 Å². The molecular weight excluding hydrogens is 530 g/mol. The molecule has 0 atom stereocenters. The van der Waals surface area contributed by atoms with E-state index in [1.807, 2.05) is 50.5 Å². The Morgan fingerprint density at radius 1 is 1.10 bits per heavy atom. The summed E-state index contributed by atoms with van der Waals surface area (Å²) in [6.45, 7) is 6.30. The van der Waals surface area contributed by atoms with Crippen molar-refractivity contribution in [2.24, 2.45) is 0 Å². The van der Waals surface area contributed by atoms with E-state index in [0.717, 1.165) is 70.7 Å². The average Bonchev–Trinajstić information content (AvgIpc) is 3.67. The maximum Gasteiger partial charge on any atom is 0.244 e. The van der Waals surface area contributed by atoms with Gasteiger partial charge in [-0.3, -0.25) is 9.48 Å². The van der Waals surface area contributed by atoms with Crippen LogP contribution in [-0.2, 0) is 11.3 Å². The Hall–Kier alpha value is -4.02. The number of hydrogen-bond donors (Lipinski definition) is 3. The van der Waals surface area contributed by atoms with E-state index in [4.69, 9.17) is 5.41 Å². The molecule has 0 bridgehead atoms. The zero-order valence-corrected chi connectivity index (χ0v) is 23.3. The molecule has 1 aliphatic rings. The number of carbonyl (C=O) groups is 1. The number of nitrogens with one attached hydrogen (secondary N) is 3. The number of rotatable bonds is 8. The fourth-order valence-electron chi connectivity index (χ4n) is 4.30. The maximum absolute atomic E-state index is 13.4. The van der Waals surface area contributed by atoms with Gasteiger partial charge in [0.05, 0.1) is 22.8 Å². The van der Waals surface area contributed by atoms with Gasteiger partial charge in [-0.2, -0.15) is 5.10 Å². The van der Waals surface area contributed by atoms with Crippen LogP contribution in [0.5, 0.6) is 0 Å². The molecule has 1 amide bonds. The summed E-state index contributed by atoms with van der Waals surface area (Å²) in [5.74, 6) is -1.97. The molecule has 40 heavy (non-hydrogen) atoms. The molecule has 4 aromatic rings. The van der Waals surface area contributed by atoms with E-state index in [9.17, 15) is 13.6 Å². The summed E-state index contributed by atoms with van der Waals surface area (Å²) in [6.07, 6.45) is 10.4. The molecule has 2 aromatic carbocycles. The summed E-state index contributed by atoms with van der Waals surface area (Å²) in [5, 5.41) is 19.5. The number of thiazole rings is 1. The van der Waals surface area contributed by atoms with E-state index in [2.05, 4.69) is 31.6 Å². The molecule has 0 aliphatic carbocycles. The highest BCUT2D eigenvalue weighted by Crippen LogP contribution is 2.33. The maximum atomic E-state index is 13.4. The van der Waals surface area contributed by atoms with Crippen LogP contribution in [0.1, 0.15) is 43.9 Å². The van der Waals surface area contributed by atoms with Gasteiger partial charge in [-0.1, -0.05) is 32.0 Å². The van der Waals surface area contributed by atoms with Crippen LogP contribution in [0.15, 0.2) is 73.2 Å². The van der Waals surface area contributed by atoms with Gasteiger partial charge in [-0.25, -0.2) is 13.8 Å². The Kier molecular flexibility index (Phi) is 10.0. The number of benzene rings is 2. The fourth-order valence-corrected chi connectivity index (χ4v) is 5.19. The number of allylic oxidation sites excluding steroid dienone is 1. The molecule has 1 saturated heterocycles. The van der Waals surface area contributed by atoms with Crippen molar-refractivity contribution in [3.05, 3.63) is 96.0 Å². The monoisotopic (exact) mass is 562 g/mol. The molecule has 0 unspecified atom stereocenters. The van der Waals surface area contributed by atoms with E-state index in [1.165, 1.54) is 12.2 Å². The summed E-state index contributed by atoms with van der Waals surface area (Å²) in [7, 11) is 0. The first-order valence-electron chi connectivity index (χ1n) is 13.3. The lowest BCUT2D eigenvalue weighted by molar-refractivity contribution is -0.116. The lowest BCUT2D eigenvalue weighted by atomic mass is 10.1. The summed E-state index contributed by atoms with van der Waals surface area (Å²) < 4.78 is 28.8. The zero-order chi connectivity index (χ0) is 28.5. The number of piperidine rings is 1. The summed E-state index contributed by atoms with van der Waals surface area (Å²) >= 11 is 1.59. The summed E-state index contributed by atoms with van der Waals surface area (Å²) in [5.41, 5.74) is 2.78. The van der Waals surface area contributed by atoms with Gasteiger partial charge in [-0.15, -0.1) is 11.3 Å². The minimum atomic E-state index is -0.776. The Morgan fingerprint density at radius 2 is 1.85 bits per heavy atom. The fraction of sp³-hybridized carbons (Fsp3) is 0.267. The third-order valence-electron chi connectivity index (χ3n) is 6.29. The normalized spacial score (nSPS) is 13.6. The predicted octanol–water partition coefficient (Wildman–Crippen LogP) is 6.14. The summed E-state index contributed by atoms with van der Waals surface area (Å²) in [6, 6.07) is 11.0. The predicted molar refractivity (Wildman–Crippen MR) is 155 cm³/mol.